The zero-order valence-corrected chi connectivity index (χ0v) is 13.5. The van der Waals surface area contributed by atoms with Crippen molar-refractivity contribution in [1.82, 2.24) is 5.32 Å². The van der Waals surface area contributed by atoms with E-state index in [1.807, 2.05) is 12.1 Å². The summed E-state index contributed by atoms with van der Waals surface area (Å²) in [6, 6.07) is 8.48. The fraction of sp³-hybridized carbons (Fsp3) is 0.588. The van der Waals surface area contributed by atoms with Crippen LogP contribution in [0.1, 0.15) is 51.1 Å². The molecule has 1 aromatic carbocycles. The molecule has 0 bridgehead atoms. The van der Waals surface area contributed by atoms with E-state index in [2.05, 4.69) is 31.3 Å². The molecular weight excluding hydrogens is 284 g/mol. The third-order valence-corrected chi connectivity index (χ3v) is 4.40. The Morgan fingerprint density at radius 1 is 1.48 bits per heavy atom. The minimum absolute atomic E-state index is 0.0761. The van der Waals surface area contributed by atoms with Crippen molar-refractivity contribution in [3.8, 4) is 11.8 Å². The zero-order chi connectivity index (χ0) is 15.3. The SMILES string of the molecule is CCCNC(C)c1ccc(OCC2(CC#N)CC2)c(Cl)c1. The van der Waals surface area contributed by atoms with Crippen LogP contribution in [-0.2, 0) is 0 Å². The second-order valence-electron chi connectivity index (χ2n) is 5.99. The lowest BCUT2D eigenvalue weighted by atomic mass is 10.1. The second-order valence-corrected chi connectivity index (χ2v) is 6.40. The predicted molar refractivity (Wildman–Crippen MR) is 85.6 cm³/mol. The Balaban J connectivity index is 1.95. The first-order valence-corrected chi connectivity index (χ1v) is 8.00. The van der Waals surface area contributed by atoms with Crippen molar-refractivity contribution in [1.29, 1.82) is 5.26 Å². The molecule has 114 valence electrons. The second kappa shape index (κ2) is 7.15. The number of hydrogen-bond donors (Lipinski definition) is 1. The Bertz CT molecular complexity index is 520. The predicted octanol–water partition coefficient (Wildman–Crippen LogP) is 4.47. The summed E-state index contributed by atoms with van der Waals surface area (Å²) in [7, 11) is 0. The van der Waals surface area contributed by atoms with E-state index >= 15 is 0 Å². The fourth-order valence-electron chi connectivity index (χ4n) is 2.33. The molecule has 1 fully saturated rings. The van der Waals surface area contributed by atoms with Crippen LogP contribution in [0, 0.1) is 16.7 Å². The molecule has 21 heavy (non-hydrogen) atoms. The topological polar surface area (TPSA) is 45.0 Å². The molecule has 0 aromatic heterocycles. The summed E-state index contributed by atoms with van der Waals surface area (Å²) in [5.74, 6) is 0.715. The molecule has 1 aliphatic rings. The van der Waals surface area contributed by atoms with E-state index in [1.165, 1.54) is 5.56 Å². The van der Waals surface area contributed by atoms with Gasteiger partial charge in [0.25, 0.3) is 0 Å². The van der Waals surface area contributed by atoms with E-state index in [4.69, 9.17) is 21.6 Å². The number of nitrogens with zero attached hydrogens (tertiary/aromatic N) is 1. The van der Waals surface area contributed by atoms with Crippen molar-refractivity contribution in [2.45, 2.75) is 45.6 Å². The molecule has 0 amide bonds. The lowest BCUT2D eigenvalue weighted by Gasteiger charge is -2.17. The Hall–Kier alpha value is -1.24. The molecule has 0 heterocycles. The highest BCUT2D eigenvalue weighted by atomic mass is 35.5. The Morgan fingerprint density at radius 3 is 2.81 bits per heavy atom. The van der Waals surface area contributed by atoms with Crippen LogP contribution in [-0.4, -0.2) is 13.2 Å². The van der Waals surface area contributed by atoms with Crippen molar-refractivity contribution in [2.75, 3.05) is 13.2 Å². The minimum Gasteiger partial charge on any atom is -0.491 e. The van der Waals surface area contributed by atoms with E-state index in [1.54, 1.807) is 0 Å². The molecule has 1 aliphatic carbocycles. The van der Waals surface area contributed by atoms with Gasteiger partial charge in [0.05, 0.1) is 17.7 Å². The van der Waals surface area contributed by atoms with Crippen molar-refractivity contribution >= 4 is 11.6 Å². The third kappa shape index (κ3) is 4.36. The standard InChI is InChI=1S/C17H23ClN2O/c1-3-10-20-13(2)14-4-5-16(15(18)11-14)21-12-17(6-7-17)8-9-19/h4-5,11,13,20H,3,6-8,10,12H2,1-2H3. The molecule has 1 saturated carbocycles. The fourth-order valence-corrected chi connectivity index (χ4v) is 2.57. The summed E-state index contributed by atoms with van der Waals surface area (Å²) in [6.07, 6.45) is 3.84. The Morgan fingerprint density at radius 2 is 2.24 bits per heavy atom. The molecule has 0 radical (unpaired) electrons. The summed E-state index contributed by atoms with van der Waals surface area (Å²) in [6.45, 7) is 5.86. The average Bonchev–Trinajstić information content (AvgIpc) is 3.24. The summed E-state index contributed by atoms with van der Waals surface area (Å²) < 4.78 is 5.83. The summed E-state index contributed by atoms with van der Waals surface area (Å²) in [5.41, 5.74) is 1.24. The summed E-state index contributed by atoms with van der Waals surface area (Å²) in [5, 5.41) is 12.9. The summed E-state index contributed by atoms with van der Waals surface area (Å²) in [4.78, 5) is 0. The smallest absolute Gasteiger partial charge is 0.137 e. The van der Waals surface area contributed by atoms with Crippen molar-refractivity contribution < 1.29 is 4.74 Å². The maximum absolute atomic E-state index is 8.82. The van der Waals surface area contributed by atoms with Gasteiger partial charge in [-0.15, -0.1) is 0 Å². The van der Waals surface area contributed by atoms with Crippen LogP contribution in [0.25, 0.3) is 0 Å². The number of rotatable bonds is 8. The van der Waals surface area contributed by atoms with Crippen LogP contribution in [0.5, 0.6) is 5.75 Å². The van der Waals surface area contributed by atoms with Gasteiger partial charge in [0.15, 0.2) is 0 Å². The van der Waals surface area contributed by atoms with Crippen LogP contribution >= 0.6 is 11.6 Å². The number of halogens is 1. The number of nitriles is 1. The van der Waals surface area contributed by atoms with Crippen LogP contribution in [0.3, 0.4) is 0 Å². The van der Waals surface area contributed by atoms with Gasteiger partial charge in [0.2, 0.25) is 0 Å². The minimum atomic E-state index is 0.0761. The quantitative estimate of drug-likeness (QED) is 0.770. The first-order valence-electron chi connectivity index (χ1n) is 7.63. The normalized spacial score (nSPS) is 17.0. The van der Waals surface area contributed by atoms with Gasteiger partial charge in [-0.3, -0.25) is 0 Å². The van der Waals surface area contributed by atoms with Gasteiger partial charge in [0.1, 0.15) is 5.75 Å². The van der Waals surface area contributed by atoms with E-state index < -0.39 is 0 Å². The molecule has 1 atom stereocenters. The zero-order valence-electron chi connectivity index (χ0n) is 12.8. The van der Waals surface area contributed by atoms with Gasteiger partial charge in [-0.05, 0) is 50.4 Å². The first-order chi connectivity index (χ1) is 10.1. The molecule has 3 nitrogen and oxygen atoms in total. The molecule has 1 unspecified atom stereocenters. The van der Waals surface area contributed by atoms with Gasteiger partial charge >= 0.3 is 0 Å². The van der Waals surface area contributed by atoms with Gasteiger partial charge in [-0.1, -0.05) is 24.6 Å². The van der Waals surface area contributed by atoms with Crippen LogP contribution in [0.2, 0.25) is 5.02 Å². The molecule has 0 saturated heterocycles. The summed E-state index contributed by atoms with van der Waals surface area (Å²) >= 11 is 6.32. The molecular formula is C17H23ClN2O. The number of ether oxygens (including phenoxy) is 1. The van der Waals surface area contributed by atoms with E-state index in [0.717, 1.165) is 25.8 Å². The van der Waals surface area contributed by atoms with Gasteiger partial charge in [-0.25, -0.2) is 0 Å². The molecule has 1 N–H and O–H groups in total. The molecule has 1 aromatic rings. The lowest BCUT2D eigenvalue weighted by molar-refractivity contribution is 0.237. The first kappa shape index (κ1) is 16.1. The third-order valence-electron chi connectivity index (χ3n) is 4.10. The largest absolute Gasteiger partial charge is 0.491 e. The Labute approximate surface area is 132 Å². The lowest BCUT2D eigenvalue weighted by Crippen LogP contribution is -2.19. The van der Waals surface area contributed by atoms with Crippen molar-refractivity contribution in [3.63, 3.8) is 0 Å². The van der Waals surface area contributed by atoms with Crippen molar-refractivity contribution in [2.24, 2.45) is 5.41 Å². The Kier molecular flexibility index (Phi) is 5.50. The van der Waals surface area contributed by atoms with Crippen LogP contribution in [0.4, 0.5) is 0 Å². The molecule has 0 aliphatic heterocycles. The van der Waals surface area contributed by atoms with Crippen LogP contribution in [0.15, 0.2) is 18.2 Å². The molecule has 0 spiro atoms. The number of nitrogens with one attached hydrogen (secondary N) is 1. The number of benzene rings is 1. The average molecular weight is 307 g/mol. The molecule has 4 heteroatoms. The van der Waals surface area contributed by atoms with Crippen molar-refractivity contribution in [3.05, 3.63) is 28.8 Å². The van der Waals surface area contributed by atoms with E-state index in [-0.39, 0.29) is 11.5 Å². The van der Waals surface area contributed by atoms with Gasteiger partial charge in [-0.2, -0.15) is 5.26 Å². The van der Waals surface area contributed by atoms with Gasteiger partial charge < -0.3 is 10.1 Å². The number of hydrogen-bond acceptors (Lipinski definition) is 3. The monoisotopic (exact) mass is 306 g/mol. The van der Waals surface area contributed by atoms with E-state index in [9.17, 15) is 0 Å². The maximum Gasteiger partial charge on any atom is 0.137 e. The van der Waals surface area contributed by atoms with Gasteiger partial charge in [0, 0.05) is 17.9 Å². The highest BCUT2D eigenvalue weighted by Gasteiger charge is 2.43. The van der Waals surface area contributed by atoms with Crippen LogP contribution < -0.4 is 10.1 Å². The highest BCUT2D eigenvalue weighted by molar-refractivity contribution is 6.32. The highest BCUT2D eigenvalue weighted by Crippen LogP contribution is 2.49. The maximum atomic E-state index is 8.82. The molecule has 2 rings (SSSR count). The van der Waals surface area contributed by atoms with E-state index in [0.29, 0.717) is 23.8 Å².